The molecule has 0 saturated carbocycles. The van der Waals surface area contributed by atoms with Crippen molar-refractivity contribution in [2.24, 2.45) is 0 Å². The normalized spacial score (nSPS) is 22.0. The lowest BCUT2D eigenvalue weighted by atomic mass is 10.1. The topological polar surface area (TPSA) is 82.3 Å². The van der Waals surface area contributed by atoms with Crippen LogP contribution in [-0.4, -0.2) is 45.1 Å². The van der Waals surface area contributed by atoms with Crippen molar-refractivity contribution in [1.82, 2.24) is 20.2 Å². The molecule has 1 N–H and O–H groups in total. The van der Waals surface area contributed by atoms with Gasteiger partial charge in [-0.25, -0.2) is 4.68 Å². The maximum Gasteiger partial charge on any atom is 0.185 e. The van der Waals surface area contributed by atoms with Crippen LogP contribution in [0.1, 0.15) is 17.5 Å². The van der Waals surface area contributed by atoms with E-state index in [-0.39, 0.29) is 12.7 Å². The fraction of sp³-hybridized carbons (Fsp3) is 0.417. The van der Waals surface area contributed by atoms with E-state index in [0.29, 0.717) is 12.4 Å². The molecule has 0 bridgehead atoms. The molecule has 0 aliphatic carbocycles. The summed E-state index contributed by atoms with van der Waals surface area (Å²) in [5.74, 6) is 1.38. The number of aromatic nitrogens is 4. The summed E-state index contributed by atoms with van der Waals surface area (Å²) >= 11 is 0. The minimum absolute atomic E-state index is 0.0697. The van der Waals surface area contributed by atoms with Crippen molar-refractivity contribution >= 4 is 0 Å². The predicted octanol–water partition coefficient (Wildman–Crippen LogP) is 0.162. The Balaban J connectivity index is 1.99. The number of benzene rings is 1. The summed E-state index contributed by atoms with van der Waals surface area (Å²) in [6, 6.07) is 7.54. The van der Waals surface area contributed by atoms with Crippen molar-refractivity contribution in [3.63, 3.8) is 0 Å². The van der Waals surface area contributed by atoms with Crippen molar-refractivity contribution in [1.29, 1.82) is 0 Å². The molecule has 0 fully saturated rings. The fourth-order valence-corrected chi connectivity index (χ4v) is 2.15. The average Bonchev–Trinajstić information content (AvgIpc) is 2.94. The van der Waals surface area contributed by atoms with Gasteiger partial charge in [0.15, 0.2) is 5.82 Å². The summed E-state index contributed by atoms with van der Waals surface area (Å²) in [5.41, 5.74) is 0.897. The van der Waals surface area contributed by atoms with Crippen molar-refractivity contribution in [3.05, 3.63) is 35.7 Å². The molecular weight excluding hydrogens is 248 g/mol. The second kappa shape index (κ2) is 4.94. The summed E-state index contributed by atoms with van der Waals surface area (Å²) in [6.45, 7) is 0.388. The van der Waals surface area contributed by atoms with Gasteiger partial charge in [0.1, 0.15) is 18.0 Å². The van der Waals surface area contributed by atoms with E-state index < -0.39 is 6.10 Å². The highest BCUT2D eigenvalue weighted by Crippen LogP contribution is 2.31. The first-order valence-electron chi connectivity index (χ1n) is 5.98. The van der Waals surface area contributed by atoms with Crippen LogP contribution in [-0.2, 0) is 11.3 Å². The van der Waals surface area contributed by atoms with E-state index >= 15 is 0 Å². The number of rotatable bonds is 3. The molecule has 2 heterocycles. The molecule has 2 aromatic rings. The second-order valence-electron chi connectivity index (χ2n) is 4.32. The van der Waals surface area contributed by atoms with Crippen molar-refractivity contribution in [2.75, 3.05) is 13.7 Å². The van der Waals surface area contributed by atoms with Gasteiger partial charge in [0.05, 0.1) is 20.3 Å². The molecule has 1 aliphatic rings. The first kappa shape index (κ1) is 12.1. The molecular formula is C12H14N4O3. The third kappa shape index (κ3) is 2.18. The van der Waals surface area contributed by atoms with Crippen LogP contribution in [0, 0.1) is 0 Å². The minimum atomic E-state index is -0.393. The number of hydrogen-bond donors (Lipinski definition) is 1. The zero-order valence-corrected chi connectivity index (χ0v) is 10.4. The first-order chi connectivity index (χ1) is 9.31. The van der Waals surface area contributed by atoms with Crippen molar-refractivity contribution in [3.8, 4) is 5.75 Å². The van der Waals surface area contributed by atoms with Gasteiger partial charge in [0, 0.05) is 0 Å². The molecule has 0 radical (unpaired) electrons. The quantitative estimate of drug-likeness (QED) is 0.848. The van der Waals surface area contributed by atoms with E-state index in [4.69, 9.17) is 9.47 Å². The molecule has 1 aromatic carbocycles. The van der Waals surface area contributed by atoms with Crippen LogP contribution in [0.5, 0.6) is 5.75 Å². The fourth-order valence-electron chi connectivity index (χ4n) is 2.15. The lowest BCUT2D eigenvalue weighted by molar-refractivity contribution is -0.0580. The molecule has 0 amide bonds. The predicted molar refractivity (Wildman–Crippen MR) is 64.6 cm³/mol. The lowest BCUT2D eigenvalue weighted by Gasteiger charge is -2.28. The van der Waals surface area contributed by atoms with E-state index in [9.17, 15) is 5.11 Å². The molecule has 0 saturated heterocycles. The Labute approximate surface area is 109 Å². The maximum atomic E-state index is 9.29. The number of nitrogens with zero attached hydrogens (tertiary/aromatic N) is 4. The molecule has 0 unspecified atom stereocenters. The van der Waals surface area contributed by atoms with Gasteiger partial charge in [0.2, 0.25) is 0 Å². The van der Waals surface area contributed by atoms with Gasteiger partial charge >= 0.3 is 0 Å². The van der Waals surface area contributed by atoms with Crippen molar-refractivity contribution < 1.29 is 14.6 Å². The number of fused-ring (bicyclic) bond motifs is 1. The molecule has 1 aromatic heterocycles. The zero-order valence-electron chi connectivity index (χ0n) is 10.4. The minimum Gasteiger partial charge on any atom is -0.497 e. The Morgan fingerprint density at radius 2 is 2.42 bits per heavy atom. The number of methoxy groups -OCH3 is 1. The highest BCUT2D eigenvalue weighted by atomic mass is 16.5. The summed E-state index contributed by atoms with van der Waals surface area (Å²) in [6.07, 6.45) is -0.705. The Kier molecular flexibility index (Phi) is 3.14. The molecule has 7 heteroatoms. The monoisotopic (exact) mass is 262 g/mol. The van der Waals surface area contributed by atoms with Crippen LogP contribution in [0.3, 0.4) is 0 Å². The van der Waals surface area contributed by atoms with E-state index in [1.807, 2.05) is 24.3 Å². The number of aliphatic hydroxyl groups is 1. The molecule has 100 valence electrons. The summed E-state index contributed by atoms with van der Waals surface area (Å²) in [7, 11) is 1.61. The van der Waals surface area contributed by atoms with Gasteiger partial charge in [-0.3, -0.25) is 0 Å². The van der Waals surface area contributed by atoms with E-state index in [2.05, 4.69) is 15.5 Å². The molecule has 7 nitrogen and oxygen atoms in total. The largest absolute Gasteiger partial charge is 0.497 e. The van der Waals surface area contributed by atoms with E-state index in [0.717, 1.165) is 11.3 Å². The van der Waals surface area contributed by atoms with Gasteiger partial charge in [-0.15, -0.1) is 5.10 Å². The Morgan fingerprint density at radius 3 is 3.21 bits per heavy atom. The van der Waals surface area contributed by atoms with E-state index in [1.54, 1.807) is 11.8 Å². The third-order valence-corrected chi connectivity index (χ3v) is 3.10. The van der Waals surface area contributed by atoms with Gasteiger partial charge in [0.25, 0.3) is 0 Å². The summed E-state index contributed by atoms with van der Waals surface area (Å²) in [4.78, 5) is 0. The van der Waals surface area contributed by atoms with E-state index in [1.165, 1.54) is 0 Å². The second-order valence-corrected chi connectivity index (χ2v) is 4.32. The maximum absolute atomic E-state index is 9.29. The molecule has 2 atom stereocenters. The lowest BCUT2D eigenvalue weighted by Crippen LogP contribution is -2.34. The highest BCUT2D eigenvalue weighted by molar-refractivity contribution is 5.32. The number of ether oxygens (including phenoxy) is 2. The molecule has 3 rings (SSSR count). The van der Waals surface area contributed by atoms with Crippen LogP contribution >= 0.6 is 0 Å². The van der Waals surface area contributed by atoms with Gasteiger partial charge < -0.3 is 14.6 Å². The summed E-state index contributed by atoms with van der Waals surface area (Å²) < 4.78 is 12.7. The average molecular weight is 262 g/mol. The van der Waals surface area contributed by atoms with Crippen LogP contribution in [0.15, 0.2) is 24.3 Å². The SMILES string of the molecule is COc1cccc([C@H]2O[C@@H](CO)Cn3nnnc32)c1. The number of hydrogen-bond acceptors (Lipinski definition) is 6. The number of tetrazole rings is 1. The molecule has 0 spiro atoms. The van der Waals surface area contributed by atoms with Crippen LogP contribution in [0.4, 0.5) is 0 Å². The standard InChI is InChI=1S/C12H14N4O3/c1-18-9-4-2-3-8(5-9)11-12-13-14-15-16(12)6-10(7-17)19-11/h2-5,10-11,17H,6-7H2,1H3/t10-,11-/m1/s1. The van der Waals surface area contributed by atoms with Crippen LogP contribution in [0.2, 0.25) is 0 Å². The van der Waals surface area contributed by atoms with Crippen molar-refractivity contribution in [2.45, 2.75) is 18.8 Å². The number of aliphatic hydroxyl groups excluding tert-OH is 1. The summed E-state index contributed by atoms with van der Waals surface area (Å²) in [5, 5.41) is 20.8. The zero-order chi connectivity index (χ0) is 13.2. The van der Waals surface area contributed by atoms with Gasteiger partial charge in [-0.1, -0.05) is 12.1 Å². The molecule has 1 aliphatic heterocycles. The van der Waals surface area contributed by atoms with Crippen LogP contribution < -0.4 is 4.74 Å². The Morgan fingerprint density at radius 1 is 1.53 bits per heavy atom. The Hall–Kier alpha value is -1.99. The van der Waals surface area contributed by atoms with Gasteiger partial charge in [-0.2, -0.15) is 0 Å². The van der Waals surface area contributed by atoms with Crippen LogP contribution in [0.25, 0.3) is 0 Å². The highest BCUT2D eigenvalue weighted by Gasteiger charge is 2.31. The molecule has 19 heavy (non-hydrogen) atoms. The van der Waals surface area contributed by atoms with Gasteiger partial charge in [-0.05, 0) is 28.1 Å². The first-order valence-corrected chi connectivity index (χ1v) is 5.98. The third-order valence-electron chi connectivity index (χ3n) is 3.10. The Bertz CT molecular complexity index is 572. The smallest absolute Gasteiger partial charge is 0.185 e.